The van der Waals surface area contributed by atoms with Crippen LogP contribution in [0.1, 0.15) is 61.9 Å². The number of benzene rings is 3. The number of hydrogen-bond acceptors (Lipinski definition) is 3. The van der Waals surface area contributed by atoms with E-state index in [2.05, 4.69) is 94.4 Å². The third-order valence-electron chi connectivity index (χ3n) is 6.44. The highest BCUT2D eigenvalue weighted by Gasteiger charge is 2.39. The fourth-order valence-corrected chi connectivity index (χ4v) is 5.08. The van der Waals surface area contributed by atoms with Crippen LogP contribution in [0.3, 0.4) is 0 Å². The first-order valence-corrected chi connectivity index (χ1v) is 12.0. The molecule has 0 bridgehead atoms. The Bertz CT molecular complexity index is 1180. The Morgan fingerprint density at radius 2 is 1.61 bits per heavy atom. The maximum Gasteiger partial charge on any atom is 0.166 e. The van der Waals surface area contributed by atoms with Gasteiger partial charge in [0.25, 0.3) is 0 Å². The van der Waals surface area contributed by atoms with Crippen LogP contribution in [0.4, 0.5) is 0 Å². The Kier molecular flexibility index (Phi) is 5.52. The van der Waals surface area contributed by atoms with E-state index < -0.39 is 0 Å². The fraction of sp³-hybridized carbons (Fsp3) is 0.367. The molecule has 2 heterocycles. The highest BCUT2D eigenvalue weighted by molar-refractivity contribution is 6.16. The van der Waals surface area contributed by atoms with Crippen molar-refractivity contribution < 1.29 is 9.47 Å². The molecular formula is C30H33NO2. The SMILES string of the molecule is CC1(C)Cc2cc(OCCCc3ccccc3)c3c(c2C(c2ccccc2)=N1)CC(C)(C)O3. The first kappa shape index (κ1) is 21.8. The molecule has 0 aromatic heterocycles. The molecule has 0 fully saturated rings. The molecule has 5 rings (SSSR count). The molecule has 0 atom stereocenters. The summed E-state index contributed by atoms with van der Waals surface area (Å²) in [6.45, 7) is 9.42. The summed E-state index contributed by atoms with van der Waals surface area (Å²) >= 11 is 0. The van der Waals surface area contributed by atoms with Crippen molar-refractivity contribution >= 4 is 5.71 Å². The highest BCUT2D eigenvalue weighted by atomic mass is 16.5. The molecule has 0 amide bonds. The molecule has 0 aliphatic carbocycles. The standard InChI is InChI=1S/C30H33NO2/c1-29(2)19-23-18-25(32-17-11-14-21-12-7-5-8-13-21)28-24(20-30(3,4)33-28)26(23)27(31-29)22-15-9-6-10-16-22/h5-10,12-13,15-16,18H,11,14,17,19-20H2,1-4H3. The van der Waals surface area contributed by atoms with Gasteiger partial charge in [-0.05, 0) is 64.2 Å². The van der Waals surface area contributed by atoms with E-state index in [1.54, 1.807) is 0 Å². The highest BCUT2D eigenvalue weighted by Crippen LogP contribution is 2.48. The van der Waals surface area contributed by atoms with Crippen molar-refractivity contribution in [2.24, 2.45) is 4.99 Å². The number of aryl methyl sites for hydroxylation is 1. The minimum Gasteiger partial charge on any atom is -0.490 e. The summed E-state index contributed by atoms with van der Waals surface area (Å²) in [5.74, 6) is 1.79. The van der Waals surface area contributed by atoms with Crippen LogP contribution in [0.25, 0.3) is 0 Å². The first-order valence-electron chi connectivity index (χ1n) is 12.0. The largest absolute Gasteiger partial charge is 0.490 e. The van der Waals surface area contributed by atoms with Crippen molar-refractivity contribution in [2.45, 2.75) is 64.5 Å². The minimum absolute atomic E-state index is 0.161. The van der Waals surface area contributed by atoms with Crippen molar-refractivity contribution in [3.63, 3.8) is 0 Å². The van der Waals surface area contributed by atoms with Crippen LogP contribution < -0.4 is 9.47 Å². The maximum absolute atomic E-state index is 6.46. The predicted molar refractivity (Wildman–Crippen MR) is 135 cm³/mol. The van der Waals surface area contributed by atoms with E-state index in [0.29, 0.717) is 6.61 Å². The number of hydrogen-bond donors (Lipinski definition) is 0. The van der Waals surface area contributed by atoms with Crippen LogP contribution in [0.2, 0.25) is 0 Å². The lowest BCUT2D eigenvalue weighted by atomic mass is 9.81. The van der Waals surface area contributed by atoms with E-state index in [1.165, 1.54) is 22.3 Å². The van der Waals surface area contributed by atoms with Crippen LogP contribution in [0.5, 0.6) is 11.5 Å². The second kappa shape index (κ2) is 8.37. The topological polar surface area (TPSA) is 30.8 Å². The van der Waals surface area contributed by atoms with Gasteiger partial charge < -0.3 is 9.47 Å². The zero-order valence-electron chi connectivity index (χ0n) is 20.2. The molecule has 33 heavy (non-hydrogen) atoms. The number of nitrogens with zero attached hydrogens (tertiary/aromatic N) is 1. The van der Waals surface area contributed by atoms with Crippen molar-refractivity contribution in [1.29, 1.82) is 0 Å². The van der Waals surface area contributed by atoms with Gasteiger partial charge in [0, 0.05) is 23.1 Å². The van der Waals surface area contributed by atoms with Gasteiger partial charge in [-0.25, -0.2) is 0 Å². The molecule has 3 aromatic carbocycles. The second-order valence-electron chi connectivity index (χ2n) is 10.5. The van der Waals surface area contributed by atoms with Gasteiger partial charge in [0.1, 0.15) is 5.60 Å². The van der Waals surface area contributed by atoms with Crippen molar-refractivity contribution in [1.82, 2.24) is 0 Å². The Hall–Kier alpha value is -3.07. The summed E-state index contributed by atoms with van der Waals surface area (Å²) in [7, 11) is 0. The summed E-state index contributed by atoms with van der Waals surface area (Å²) < 4.78 is 12.8. The van der Waals surface area contributed by atoms with Crippen LogP contribution >= 0.6 is 0 Å². The van der Waals surface area contributed by atoms with Gasteiger partial charge in [0.05, 0.1) is 17.9 Å². The van der Waals surface area contributed by atoms with Crippen LogP contribution in [-0.2, 0) is 19.3 Å². The third-order valence-corrected chi connectivity index (χ3v) is 6.44. The first-order chi connectivity index (χ1) is 15.8. The van der Waals surface area contributed by atoms with E-state index in [1.807, 2.05) is 0 Å². The van der Waals surface area contributed by atoms with Gasteiger partial charge in [0.15, 0.2) is 11.5 Å². The smallest absolute Gasteiger partial charge is 0.166 e. The summed E-state index contributed by atoms with van der Waals surface area (Å²) in [6, 6.07) is 23.4. The average molecular weight is 440 g/mol. The Labute approximate surface area is 197 Å². The molecule has 2 aliphatic rings. The number of rotatable bonds is 6. The summed E-state index contributed by atoms with van der Waals surface area (Å²) in [6.07, 6.45) is 3.74. The Morgan fingerprint density at radius 3 is 2.33 bits per heavy atom. The van der Waals surface area contributed by atoms with Crippen LogP contribution in [0, 0.1) is 0 Å². The van der Waals surface area contributed by atoms with Crippen LogP contribution in [-0.4, -0.2) is 23.5 Å². The molecule has 0 saturated heterocycles. The predicted octanol–water partition coefficient (Wildman–Crippen LogP) is 6.58. The molecule has 0 unspecified atom stereocenters. The molecule has 0 saturated carbocycles. The van der Waals surface area contributed by atoms with Crippen LogP contribution in [0.15, 0.2) is 71.7 Å². The van der Waals surface area contributed by atoms with E-state index in [9.17, 15) is 0 Å². The van der Waals surface area contributed by atoms with Gasteiger partial charge in [-0.2, -0.15) is 0 Å². The normalized spacial score (nSPS) is 17.5. The van der Waals surface area contributed by atoms with Crippen molar-refractivity contribution in [2.75, 3.05) is 6.61 Å². The Morgan fingerprint density at radius 1 is 0.909 bits per heavy atom. The Balaban J connectivity index is 1.49. The van der Waals surface area contributed by atoms with E-state index in [4.69, 9.17) is 14.5 Å². The molecule has 0 N–H and O–H groups in total. The molecule has 3 heteroatoms. The molecule has 170 valence electrons. The number of fused-ring (bicyclic) bond motifs is 3. The molecule has 0 spiro atoms. The van der Waals surface area contributed by atoms with Gasteiger partial charge in [-0.1, -0.05) is 60.7 Å². The lowest BCUT2D eigenvalue weighted by Crippen LogP contribution is -2.30. The third kappa shape index (κ3) is 4.55. The quantitative estimate of drug-likeness (QED) is 0.406. The molecule has 0 radical (unpaired) electrons. The molecule has 3 nitrogen and oxygen atoms in total. The molecule has 2 aliphatic heterocycles. The van der Waals surface area contributed by atoms with Gasteiger partial charge in [-0.15, -0.1) is 0 Å². The summed E-state index contributed by atoms with van der Waals surface area (Å²) in [4.78, 5) is 5.21. The van der Waals surface area contributed by atoms with E-state index >= 15 is 0 Å². The zero-order valence-corrected chi connectivity index (χ0v) is 20.2. The van der Waals surface area contributed by atoms with Gasteiger partial charge >= 0.3 is 0 Å². The van der Waals surface area contributed by atoms with E-state index in [0.717, 1.165) is 48.5 Å². The number of ether oxygens (including phenoxy) is 2. The molecule has 3 aromatic rings. The lowest BCUT2D eigenvalue weighted by Gasteiger charge is -2.31. The minimum atomic E-state index is -0.256. The zero-order chi connectivity index (χ0) is 23.1. The van der Waals surface area contributed by atoms with Gasteiger partial charge in [0.2, 0.25) is 0 Å². The van der Waals surface area contributed by atoms with E-state index in [-0.39, 0.29) is 11.1 Å². The number of aliphatic imine (C=N–C) groups is 1. The lowest BCUT2D eigenvalue weighted by molar-refractivity contribution is 0.132. The summed E-state index contributed by atoms with van der Waals surface area (Å²) in [5.41, 5.74) is 6.98. The van der Waals surface area contributed by atoms with Gasteiger partial charge in [-0.3, -0.25) is 4.99 Å². The van der Waals surface area contributed by atoms with Crippen molar-refractivity contribution in [3.8, 4) is 11.5 Å². The second-order valence-corrected chi connectivity index (χ2v) is 10.5. The average Bonchev–Trinajstić information content (AvgIpc) is 3.11. The monoisotopic (exact) mass is 439 g/mol. The summed E-state index contributed by atoms with van der Waals surface area (Å²) in [5, 5.41) is 0. The molecular weight excluding hydrogens is 406 g/mol. The maximum atomic E-state index is 6.46. The fourth-order valence-electron chi connectivity index (χ4n) is 5.08. The van der Waals surface area contributed by atoms with Crippen molar-refractivity contribution in [3.05, 3.63) is 94.5 Å².